The van der Waals surface area contributed by atoms with Gasteiger partial charge >= 0.3 is 0 Å². The van der Waals surface area contributed by atoms with E-state index < -0.39 is 0 Å². The maximum Gasteiger partial charge on any atom is 0.120 e. The molecule has 0 atom stereocenters. The highest BCUT2D eigenvalue weighted by molar-refractivity contribution is 5.39. The standard InChI is InChI=1S/C16H23NO/c1-16(2,3)10-6-12-18-15-9-4-7-14(13-15)8-5-11-17/h4,7,9,13H,6,10-12,17H2,1-3H3. The summed E-state index contributed by atoms with van der Waals surface area (Å²) in [5.41, 5.74) is 6.67. The molecule has 2 N–H and O–H groups in total. The molecule has 2 heteroatoms. The molecular weight excluding hydrogens is 222 g/mol. The van der Waals surface area contributed by atoms with Gasteiger partial charge in [-0.2, -0.15) is 0 Å². The highest BCUT2D eigenvalue weighted by atomic mass is 16.5. The summed E-state index contributed by atoms with van der Waals surface area (Å²) in [4.78, 5) is 0. The Hall–Kier alpha value is -1.46. The molecule has 0 radical (unpaired) electrons. The van der Waals surface area contributed by atoms with Gasteiger partial charge in [0.2, 0.25) is 0 Å². The first-order chi connectivity index (χ1) is 8.51. The Labute approximate surface area is 111 Å². The quantitative estimate of drug-likeness (QED) is 0.653. The van der Waals surface area contributed by atoms with Crippen molar-refractivity contribution in [3.63, 3.8) is 0 Å². The number of ether oxygens (including phenoxy) is 1. The molecule has 0 fully saturated rings. The maximum atomic E-state index is 5.72. The van der Waals surface area contributed by atoms with E-state index >= 15 is 0 Å². The van der Waals surface area contributed by atoms with Gasteiger partial charge in [0.15, 0.2) is 0 Å². The molecule has 0 aromatic heterocycles. The Balaban J connectivity index is 2.43. The second-order valence-electron chi connectivity index (χ2n) is 5.55. The first-order valence-electron chi connectivity index (χ1n) is 6.43. The van der Waals surface area contributed by atoms with E-state index in [4.69, 9.17) is 10.5 Å². The van der Waals surface area contributed by atoms with Gasteiger partial charge in [0, 0.05) is 5.56 Å². The van der Waals surface area contributed by atoms with Crippen molar-refractivity contribution in [1.82, 2.24) is 0 Å². The molecule has 0 heterocycles. The van der Waals surface area contributed by atoms with E-state index in [-0.39, 0.29) is 0 Å². The SMILES string of the molecule is CC(C)(C)CCCOc1cccc(C#CCN)c1. The van der Waals surface area contributed by atoms with Crippen molar-refractivity contribution in [2.45, 2.75) is 33.6 Å². The van der Waals surface area contributed by atoms with Crippen molar-refractivity contribution >= 4 is 0 Å². The van der Waals surface area contributed by atoms with Crippen LogP contribution >= 0.6 is 0 Å². The summed E-state index contributed by atoms with van der Waals surface area (Å²) in [7, 11) is 0. The molecule has 0 bridgehead atoms. The molecular formula is C16H23NO. The zero-order chi connectivity index (χ0) is 13.4. The zero-order valence-corrected chi connectivity index (χ0v) is 11.6. The second kappa shape index (κ2) is 7.08. The van der Waals surface area contributed by atoms with Crippen LogP contribution in [0.5, 0.6) is 5.75 Å². The fraction of sp³-hybridized carbons (Fsp3) is 0.500. The van der Waals surface area contributed by atoms with E-state index in [0.717, 1.165) is 24.3 Å². The summed E-state index contributed by atoms with van der Waals surface area (Å²) in [6, 6.07) is 7.84. The second-order valence-corrected chi connectivity index (χ2v) is 5.55. The normalized spacial score (nSPS) is 10.7. The Bertz CT molecular complexity index is 421. The summed E-state index contributed by atoms with van der Waals surface area (Å²) in [6.07, 6.45) is 2.24. The predicted octanol–water partition coefficient (Wildman–Crippen LogP) is 3.20. The lowest BCUT2D eigenvalue weighted by Gasteiger charge is -2.17. The van der Waals surface area contributed by atoms with Crippen LogP contribution in [0.15, 0.2) is 24.3 Å². The Kier molecular flexibility index (Phi) is 5.74. The average molecular weight is 245 g/mol. The van der Waals surface area contributed by atoms with E-state index in [1.807, 2.05) is 24.3 Å². The molecule has 0 unspecified atom stereocenters. The highest BCUT2D eigenvalue weighted by Gasteiger charge is 2.09. The van der Waals surface area contributed by atoms with E-state index in [1.165, 1.54) is 6.42 Å². The number of benzene rings is 1. The van der Waals surface area contributed by atoms with E-state index in [0.29, 0.717) is 12.0 Å². The number of nitrogens with two attached hydrogens (primary N) is 1. The van der Waals surface area contributed by atoms with Gasteiger partial charge in [0.25, 0.3) is 0 Å². The monoisotopic (exact) mass is 245 g/mol. The Morgan fingerprint density at radius 3 is 2.72 bits per heavy atom. The molecule has 2 nitrogen and oxygen atoms in total. The summed E-state index contributed by atoms with van der Waals surface area (Å²) in [6.45, 7) is 7.88. The minimum atomic E-state index is 0.373. The summed E-state index contributed by atoms with van der Waals surface area (Å²) in [5.74, 6) is 6.73. The lowest BCUT2D eigenvalue weighted by Crippen LogP contribution is -2.07. The minimum Gasteiger partial charge on any atom is -0.494 e. The number of rotatable bonds is 4. The molecule has 18 heavy (non-hydrogen) atoms. The van der Waals surface area contributed by atoms with Crippen LogP contribution in [0.4, 0.5) is 0 Å². The largest absolute Gasteiger partial charge is 0.494 e. The van der Waals surface area contributed by atoms with Crippen LogP contribution in [0.1, 0.15) is 39.2 Å². The van der Waals surface area contributed by atoms with Gasteiger partial charge in [-0.15, -0.1) is 0 Å². The van der Waals surface area contributed by atoms with Crippen LogP contribution in [-0.2, 0) is 0 Å². The van der Waals surface area contributed by atoms with Crippen LogP contribution in [0.2, 0.25) is 0 Å². The molecule has 0 spiro atoms. The predicted molar refractivity (Wildman–Crippen MR) is 76.6 cm³/mol. The summed E-state index contributed by atoms with van der Waals surface area (Å²) >= 11 is 0. The molecule has 0 aliphatic rings. The van der Waals surface area contributed by atoms with Gasteiger partial charge in [0.05, 0.1) is 13.2 Å². The van der Waals surface area contributed by atoms with Crippen molar-refractivity contribution in [3.05, 3.63) is 29.8 Å². The van der Waals surface area contributed by atoms with E-state index in [2.05, 4.69) is 32.6 Å². The fourth-order valence-corrected chi connectivity index (χ4v) is 1.61. The third-order valence-corrected chi connectivity index (χ3v) is 2.51. The molecule has 98 valence electrons. The van der Waals surface area contributed by atoms with Crippen LogP contribution in [0.3, 0.4) is 0 Å². The molecule has 1 rings (SSSR count). The number of hydrogen-bond donors (Lipinski definition) is 1. The molecule has 0 saturated heterocycles. The molecule has 0 aliphatic heterocycles. The first kappa shape index (κ1) is 14.6. The van der Waals surface area contributed by atoms with E-state index in [9.17, 15) is 0 Å². The lowest BCUT2D eigenvalue weighted by molar-refractivity contribution is 0.269. The van der Waals surface area contributed by atoms with Gasteiger partial charge < -0.3 is 10.5 Å². The minimum absolute atomic E-state index is 0.373. The Morgan fingerprint density at radius 2 is 2.06 bits per heavy atom. The van der Waals surface area contributed by atoms with Gasteiger partial charge in [-0.25, -0.2) is 0 Å². The third-order valence-electron chi connectivity index (χ3n) is 2.51. The summed E-state index contributed by atoms with van der Waals surface area (Å²) < 4.78 is 5.72. The average Bonchev–Trinajstić information content (AvgIpc) is 2.31. The van der Waals surface area contributed by atoms with Gasteiger partial charge in [-0.1, -0.05) is 38.7 Å². The van der Waals surface area contributed by atoms with Crippen molar-refractivity contribution in [1.29, 1.82) is 0 Å². The highest BCUT2D eigenvalue weighted by Crippen LogP contribution is 2.21. The summed E-state index contributed by atoms with van der Waals surface area (Å²) in [5, 5.41) is 0. The van der Waals surface area contributed by atoms with Gasteiger partial charge in [-0.3, -0.25) is 0 Å². The van der Waals surface area contributed by atoms with E-state index in [1.54, 1.807) is 0 Å². The topological polar surface area (TPSA) is 35.2 Å². The smallest absolute Gasteiger partial charge is 0.120 e. The molecule has 0 amide bonds. The van der Waals surface area contributed by atoms with Crippen molar-refractivity contribution in [3.8, 4) is 17.6 Å². The fourth-order valence-electron chi connectivity index (χ4n) is 1.61. The molecule has 0 saturated carbocycles. The van der Waals surface area contributed by atoms with Crippen molar-refractivity contribution in [2.24, 2.45) is 11.1 Å². The van der Waals surface area contributed by atoms with Crippen molar-refractivity contribution in [2.75, 3.05) is 13.2 Å². The molecule has 0 aliphatic carbocycles. The van der Waals surface area contributed by atoms with Gasteiger partial charge in [0.1, 0.15) is 5.75 Å². The number of hydrogen-bond acceptors (Lipinski definition) is 2. The van der Waals surface area contributed by atoms with Gasteiger partial charge in [-0.05, 0) is 36.5 Å². The van der Waals surface area contributed by atoms with Crippen LogP contribution in [0, 0.1) is 17.3 Å². The Morgan fingerprint density at radius 1 is 1.28 bits per heavy atom. The van der Waals surface area contributed by atoms with Crippen molar-refractivity contribution < 1.29 is 4.74 Å². The first-order valence-corrected chi connectivity index (χ1v) is 6.43. The third kappa shape index (κ3) is 6.32. The van der Waals surface area contributed by atoms with Crippen LogP contribution < -0.4 is 10.5 Å². The maximum absolute atomic E-state index is 5.72. The van der Waals surface area contributed by atoms with Crippen LogP contribution in [0.25, 0.3) is 0 Å². The van der Waals surface area contributed by atoms with Crippen LogP contribution in [-0.4, -0.2) is 13.2 Å². The lowest BCUT2D eigenvalue weighted by atomic mass is 9.91. The molecule has 1 aromatic carbocycles. The molecule has 1 aromatic rings. The zero-order valence-electron chi connectivity index (χ0n) is 11.6.